The van der Waals surface area contributed by atoms with Crippen LogP contribution < -0.4 is 4.72 Å². The Morgan fingerprint density at radius 2 is 1.65 bits per heavy atom. The molecule has 0 radical (unpaired) electrons. The molecule has 0 bridgehead atoms. The molecule has 0 fully saturated rings. The van der Waals surface area contributed by atoms with Crippen LogP contribution in [0.3, 0.4) is 0 Å². The summed E-state index contributed by atoms with van der Waals surface area (Å²) in [5.74, 6) is 0.109. The van der Waals surface area contributed by atoms with Crippen LogP contribution in [0.15, 0.2) is 35.2 Å². The fraction of sp³-hybridized carbons (Fsp3) is 0.700. The highest BCUT2D eigenvalue weighted by molar-refractivity contribution is 7.89. The van der Waals surface area contributed by atoms with Crippen molar-refractivity contribution < 1.29 is 13.5 Å². The highest BCUT2D eigenvalue weighted by Crippen LogP contribution is 2.37. The van der Waals surface area contributed by atoms with Crippen molar-refractivity contribution in [3.63, 3.8) is 0 Å². The maximum atomic E-state index is 12.9. The number of rotatable bonds is 10. The summed E-state index contributed by atoms with van der Waals surface area (Å²) >= 11 is 6.65. The van der Waals surface area contributed by atoms with Gasteiger partial charge in [0.05, 0.1) is 21.9 Å². The van der Waals surface area contributed by atoms with Gasteiger partial charge in [0, 0.05) is 0 Å². The Morgan fingerprint density at radius 3 is 2.08 bits per heavy atom. The summed E-state index contributed by atoms with van der Waals surface area (Å²) in [6.45, 7) is 11.9. The highest BCUT2D eigenvalue weighted by atomic mass is 35.5. The van der Waals surface area contributed by atoms with Crippen LogP contribution in [0.1, 0.15) is 54.4 Å². The Balaban J connectivity index is 3.37. The molecule has 2 N–H and O–H groups in total. The molecular formula is C20H34ClNO3S. The molecule has 0 aliphatic heterocycles. The van der Waals surface area contributed by atoms with Crippen LogP contribution in [0.4, 0.5) is 0 Å². The summed E-state index contributed by atoms with van der Waals surface area (Å²) in [5, 5.41) is 11.1. The molecule has 0 aliphatic carbocycles. The molecule has 1 aromatic carbocycles. The normalized spacial score (nSPS) is 18.5. The SMILES string of the molecule is CC[C@H](C)[C@H](NS(=O)(=O)c1ccccc1)C(O)(CC(C)C)C(Cl)C(C)C. The van der Waals surface area contributed by atoms with Crippen LogP contribution in [0, 0.1) is 17.8 Å². The average molecular weight is 404 g/mol. The van der Waals surface area contributed by atoms with Crippen LogP contribution in [0.2, 0.25) is 0 Å². The van der Waals surface area contributed by atoms with Gasteiger partial charge < -0.3 is 5.11 Å². The lowest BCUT2D eigenvalue weighted by Crippen LogP contribution is -2.61. The van der Waals surface area contributed by atoms with Gasteiger partial charge >= 0.3 is 0 Å². The Morgan fingerprint density at radius 1 is 1.12 bits per heavy atom. The van der Waals surface area contributed by atoms with Gasteiger partial charge in [-0.3, -0.25) is 0 Å². The number of hydrogen-bond donors (Lipinski definition) is 2. The lowest BCUT2D eigenvalue weighted by atomic mass is 9.74. The molecule has 0 saturated heterocycles. The zero-order chi connectivity index (χ0) is 20.1. The van der Waals surface area contributed by atoms with Crippen molar-refractivity contribution in [2.24, 2.45) is 17.8 Å². The zero-order valence-electron chi connectivity index (χ0n) is 16.7. The van der Waals surface area contributed by atoms with E-state index in [1.165, 1.54) is 0 Å². The van der Waals surface area contributed by atoms with E-state index in [9.17, 15) is 13.5 Å². The van der Waals surface area contributed by atoms with Gasteiger partial charge in [0.25, 0.3) is 0 Å². The van der Waals surface area contributed by atoms with Crippen molar-refractivity contribution >= 4 is 21.6 Å². The topological polar surface area (TPSA) is 66.4 Å². The van der Waals surface area contributed by atoms with Crippen molar-refractivity contribution in [1.82, 2.24) is 4.72 Å². The van der Waals surface area contributed by atoms with E-state index in [-0.39, 0.29) is 22.6 Å². The van der Waals surface area contributed by atoms with Crippen molar-refractivity contribution in [1.29, 1.82) is 0 Å². The van der Waals surface area contributed by atoms with Crippen molar-refractivity contribution in [3.05, 3.63) is 30.3 Å². The second-order valence-electron chi connectivity index (χ2n) is 8.03. The molecule has 1 rings (SSSR count). The molecule has 4 nitrogen and oxygen atoms in total. The van der Waals surface area contributed by atoms with Crippen molar-refractivity contribution in [2.45, 2.75) is 76.3 Å². The summed E-state index contributed by atoms with van der Waals surface area (Å²) in [6, 6.07) is 7.58. The third-order valence-electron chi connectivity index (χ3n) is 4.89. The van der Waals surface area contributed by atoms with Crippen molar-refractivity contribution in [3.8, 4) is 0 Å². The molecule has 2 unspecified atom stereocenters. The smallest absolute Gasteiger partial charge is 0.240 e. The fourth-order valence-corrected chi connectivity index (χ4v) is 5.07. The lowest BCUT2D eigenvalue weighted by Gasteiger charge is -2.45. The summed E-state index contributed by atoms with van der Waals surface area (Å²) in [6.07, 6.45) is 1.15. The molecule has 6 heteroatoms. The van der Waals surface area contributed by atoms with Crippen LogP contribution >= 0.6 is 11.6 Å². The first-order chi connectivity index (χ1) is 12.0. The Labute approximate surface area is 164 Å². The summed E-state index contributed by atoms with van der Waals surface area (Å²) in [4.78, 5) is 0.191. The Hall–Kier alpha value is -0.620. The number of benzene rings is 1. The number of halogens is 1. The van der Waals surface area contributed by atoms with E-state index in [4.69, 9.17) is 11.6 Å². The van der Waals surface area contributed by atoms with Gasteiger partial charge in [0.1, 0.15) is 0 Å². The Kier molecular flexibility index (Phi) is 8.59. The van der Waals surface area contributed by atoms with Gasteiger partial charge in [-0.15, -0.1) is 11.6 Å². The van der Waals surface area contributed by atoms with Crippen LogP contribution in [0.5, 0.6) is 0 Å². The predicted octanol–water partition coefficient (Wildman–Crippen LogP) is 4.42. The zero-order valence-corrected chi connectivity index (χ0v) is 18.3. The number of alkyl halides is 1. The second-order valence-corrected chi connectivity index (χ2v) is 10.2. The van der Waals surface area contributed by atoms with E-state index in [1.54, 1.807) is 30.3 Å². The molecule has 4 atom stereocenters. The average Bonchev–Trinajstić information content (AvgIpc) is 2.58. The largest absolute Gasteiger partial charge is 0.387 e. The minimum Gasteiger partial charge on any atom is -0.387 e. The summed E-state index contributed by atoms with van der Waals surface area (Å²) < 4.78 is 28.6. The van der Waals surface area contributed by atoms with E-state index in [1.807, 2.05) is 41.5 Å². The highest BCUT2D eigenvalue weighted by Gasteiger charge is 2.48. The number of nitrogens with one attached hydrogen (secondary N) is 1. The van der Waals surface area contributed by atoms with Crippen LogP contribution in [0.25, 0.3) is 0 Å². The van der Waals surface area contributed by atoms with E-state index in [0.29, 0.717) is 6.42 Å². The van der Waals surface area contributed by atoms with E-state index < -0.39 is 27.0 Å². The van der Waals surface area contributed by atoms with Gasteiger partial charge in [-0.05, 0) is 36.3 Å². The van der Waals surface area contributed by atoms with Crippen molar-refractivity contribution in [2.75, 3.05) is 0 Å². The van der Waals surface area contributed by atoms with Gasteiger partial charge in [-0.2, -0.15) is 0 Å². The molecular weight excluding hydrogens is 370 g/mol. The van der Waals surface area contributed by atoms with Gasteiger partial charge in [0.15, 0.2) is 0 Å². The standard InChI is InChI=1S/C20H34ClNO3S/c1-7-16(6)19(20(23,13-14(2)3)18(21)15(4)5)22-26(24,25)17-11-9-8-10-12-17/h8-12,14-16,18-19,22-23H,7,13H2,1-6H3/t16-,18?,19-,20?/m0/s1. The molecule has 26 heavy (non-hydrogen) atoms. The third-order valence-corrected chi connectivity index (χ3v) is 7.22. The molecule has 0 amide bonds. The number of sulfonamides is 1. The quantitative estimate of drug-likeness (QED) is 0.568. The molecule has 0 saturated carbocycles. The molecule has 0 heterocycles. The van der Waals surface area contributed by atoms with Gasteiger partial charge in [-0.1, -0.05) is 66.2 Å². The number of hydrogen-bond acceptors (Lipinski definition) is 3. The fourth-order valence-electron chi connectivity index (χ4n) is 3.42. The van der Waals surface area contributed by atoms with Crippen LogP contribution in [-0.2, 0) is 10.0 Å². The lowest BCUT2D eigenvalue weighted by molar-refractivity contribution is -0.0385. The van der Waals surface area contributed by atoms with Gasteiger partial charge in [0.2, 0.25) is 10.0 Å². The molecule has 150 valence electrons. The van der Waals surface area contributed by atoms with E-state index in [0.717, 1.165) is 6.42 Å². The van der Waals surface area contributed by atoms with Gasteiger partial charge in [-0.25, -0.2) is 13.1 Å². The Bertz CT molecular complexity index is 648. The molecule has 0 aliphatic rings. The maximum Gasteiger partial charge on any atom is 0.240 e. The first-order valence-corrected chi connectivity index (χ1v) is 11.3. The molecule has 1 aromatic rings. The third kappa shape index (κ3) is 5.69. The minimum absolute atomic E-state index is 0.00759. The first kappa shape index (κ1) is 23.4. The van der Waals surface area contributed by atoms with E-state index >= 15 is 0 Å². The monoisotopic (exact) mass is 403 g/mol. The molecule has 0 spiro atoms. The summed E-state index contributed by atoms with van der Waals surface area (Å²) in [7, 11) is -3.76. The van der Waals surface area contributed by atoms with E-state index in [2.05, 4.69) is 4.72 Å². The maximum absolute atomic E-state index is 12.9. The van der Waals surface area contributed by atoms with Crippen LogP contribution in [-0.4, -0.2) is 30.5 Å². The summed E-state index contributed by atoms with van der Waals surface area (Å²) in [5.41, 5.74) is -1.35. The minimum atomic E-state index is -3.76. The second kappa shape index (κ2) is 9.54. The number of aliphatic hydroxyl groups is 1. The first-order valence-electron chi connectivity index (χ1n) is 9.39. The molecule has 0 aromatic heterocycles. The predicted molar refractivity (Wildman–Crippen MR) is 109 cm³/mol.